The molecule has 0 saturated heterocycles. The average molecular weight is 253 g/mol. The Bertz CT molecular complexity index is 449. The first-order valence-electron chi connectivity index (χ1n) is 5.61. The van der Waals surface area contributed by atoms with Crippen LogP contribution in [0, 0.1) is 5.82 Å². The van der Waals surface area contributed by atoms with Crippen molar-refractivity contribution in [1.82, 2.24) is 10.6 Å². The van der Waals surface area contributed by atoms with Crippen molar-refractivity contribution in [2.45, 2.75) is 6.92 Å². The highest BCUT2D eigenvalue weighted by atomic mass is 19.1. The van der Waals surface area contributed by atoms with Crippen LogP contribution in [0.4, 0.5) is 10.1 Å². The number of anilines is 1. The lowest BCUT2D eigenvalue weighted by Gasteiger charge is -2.10. The summed E-state index contributed by atoms with van der Waals surface area (Å²) < 4.78 is 13.4. The zero-order chi connectivity index (χ0) is 13.5. The number of halogens is 1. The monoisotopic (exact) mass is 253 g/mol. The number of hydrogen-bond donors (Lipinski definition) is 3. The van der Waals surface area contributed by atoms with Gasteiger partial charge in [0.25, 0.3) is 5.91 Å². The molecule has 0 spiro atoms. The van der Waals surface area contributed by atoms with Crippen LogP contribution in [0.1, 0.15) is 17.3 Å². The van der Waals surface area contributed by atoms with Crippen molar-refractivity contribution in [2.75, 3.05) is 25.5 Å². The summed E-state index contributed by atoms with van der Waals surface area (Å²) in [4.78, 5) is 23.0. The molecule has 0 heterocycles. The van der Waals surface area contributed by atoms with E-state index in [0.717, 1.165) is 0 Å². The van der Waals surface area contributed by atoms with Crippen molar-refractivity contribution in [3.8, 4) is 0 Å². The second-order valence-electron chi connectivity index (χ2n) is 3.55. The molecule has 1 aromatic carbocycles. The van der Waals surface area contributed by atoms with Gasteiger partial charge >= 0.3 is 0 Å². The summed E-state index contributed by atoms with van der Waals surface area (Å²) in [5, 5.41) is 7.60. The first-order valence-corrected chi connectivity index (χ1v) is 5.61. The van der Waals surface area contributed by atoms with Gasteiger partial charge in [-0.3, -0.25) is 9.59 Å². The van der Waals surface area contributed by atoms with E-state index in [4.69, 9.17) is 0 Å². The molecule has 0 aliphatic carbocycles. The standard InChI is InChI=1S/C12H16FN3O2/c1-3-15-10(17)7-16-12(18)8-5-4-6-9(13)11(8)14-2/h4-6,14H,3,7H2,1-2H3,(H,15,17)(H,16,18). The summed E-state index contributed by atoms with van der Waals surface area (Å²) >= 11 is 0. The average Bonchev–Trinajstić information content (AvgIpc) is 2.36. The number of amides is 2. The van der Waals surface area contributed by atoms with Crippen molar-refractivity contribution in [3.05, 3.63) is 29.6 Å². The third-order valence-electron chi connectivity index (χ3n) is 2.29. The molecular formula is C12H16FN3O2. The fraction of sp³-hybridized carbons (Fsp3) is 0.333. The van der Waals surface area contributed by atoms with E-state index in [-0.39, 0.29) is 23.7 Å². The first kappa shape index (κ1) is 14.0. The molecule has 0 atom stereocenters. The van der Waals surface area contributed by atoms with Crippen LogP contribution in [0.25, 0.3) is 0 Å². The summed E-state index contributed by atoms with van der Waals surface area (Å²) in [6, 6.07) is 4.19. The van der Waals surface area contributed by atoms with Gasteiger partial charge in [-0.05, 0) is 19.1 Å². The molecule has 0 unspecified atom stereocenters. The fourth-order valence-electron chi connectivity index (χ4n) is 1.48. The molecule has 0 saturated carbocycles. The van der Waals surface area contributed by atoms with Gasteiger partial charge in [-0.15, -0.1) is 0 Å². The normalized spacial score (nSPS) is 9.72. The molecule has 2 amide bonds. The smallest absolute Gasteiger partial charge is 0.253 e. The van der Waals surface area contributed by atoms with E-state index < -0.39 is 11.7 Å². The minimum atomic E-state index is -0.511. The molecule has 18 heavy (non-hydrogen) atoms. The van der Waals surface area contributed by atoms with E-state index in [1.54, 1.807) is 6.92 Å². The second kappa shape index (κ2) is 6.58. The van der Waals surface area contributed by atoms with E-state index in [9.17, 15) is 14.0 Å². The number of benzene rings is 1. The Morgan fingerprint density at radius 2 is 2.00 bits per heavy atom. The Morgan fingerprint density at radius 1 is 1.28 bits per heavy atom. The summed E-state index contributed by atoms with van der Waals surface area (Å²) in [5.74, 6) is -1.29. The minimum Gasteiger partial charge on any atom is -0.385 e. The van der Waals surface area contributed by atoms with Gasteiger partial charge < -0.3 is 16.0 Å². The molecule has 0 aromatic heterocycles. The predicted molar refractivity (Wildman–Crippen MR) is 67.0 cm³/mol. The van der Waals surface area contributed by atoms with Crippen LogP contribution in [0.3, 0.4) is 0 Å². The maximum atomic E-state index is 13.4. The van der Waals surface area contributed by atoms with Crippen LogP contribution >= 0.6 is 0 Å². The lowest BCUT2D eigenvalue weighted by atomic mass is 10.1. The molecule has 0 aliphatic heterocycles. The number of carbonyl (C=O) groups excluding carboxylic acids is 2. The first-order chi connectivity index (χ1) is 8.60. The fourth-order valence-corrected chi connectivity index (χ4v) is 1.48. The van der Waals surface area contributed by atoms with E-state index in [1.165, 1.54) is 25.2 Å². The largest absolute Gasteiger partial charge is 0.385 e. The number of rotatable bonds is 5. The zero-order valence-electron chi connectivity index (χ0n) is 10.3. The highest BCUT2D eigenvalue weighted by molar-refractivity contribution is 6.01. The van der Waals surface area contributed by atoms with Crippen LogP contribution in [-0.4, -0.2) is 32.0 Å². The Kier molecular flexibility index (Phi) is 5.10. The molecule has 1 rings (SSSR count). The highest BCUT2D eigenvalue weighted by Crippen LogP contribution is 2.18. The summed E-state index contributed by atoms with van der Waals surface area (Å²) in [7, 11) is 1.53. The lowest BCUT2D eigenvalue weighted by Crippen LogP contribution is -2.37. The van der Waals surface area contributed by atoms with Gasteiger partial charge in [0, 0.05) is 13.6 Å². The van der Waals surface area contributed by atoms with Gasteiger partial charge in [-0.2, -0.15) is 0 Å². The zero-order valence-corrected chi connectivity index (χ0v) is 10.3. The van der Waals surface area contributed by atoms with E-state index in [2.05, 4.69) is 16.0 Å². The van der Waals surface area contributed by atoms with Crippen molar-refractivity contribution in [3.63, 3.8) is 0 Å². The topological polar surface area (TPSA) is 70.2 Å². The number of carbonyl (C=O) groups is 2. The highest BCUT2D eigenvalue weighted by Gasteiger charge is 2.14. The molecule has 0 aliphatic rings. The number of hydrogen-bond acceptors (Lipinski definition) is 3. The van der Waals surface area contributed by atoms with Crippen molar-refractivity contribution in [1.29, 1.82) is 0 Å². The molecule has 0 radical (unpaired) electrons. The van der Waals surface area contributed by atoms with Gasteiger partial charge in [0.1, 0.15) is 5.82 Å². The third-order valence-corrected chi connectivity index (χ3v) is 2.29. The Hall–Kier alpha value is -2.11. The van der Waals surface area contributed by atoms with Crippen molar-refractivity contribution < 1.29 is 14.0 Å². The van der Waals surface area contributed by atoms with Gasteiger partial charge in [-0.1, -0.05) is 6.07 Å². The van der Waals surface area contributed by atoms with Crippen LogP contribution in [0.2, 0.25) is 0 Å². The maximum absolute atomic E-state index is 13.4. The van der Waals surface area contributed by atoms with Crippen LogP contribution in [-0.2, 0) is 4.79 Å². The molecule has 3 N–H and O–H groups in total. The van der Waals surface area contributed by atoms with Crippen molar-refractivity contribution in [2.24, 2.45) is 0 Å². The molecule has 1 aromatic rings. The van der Waals surface area contributed by atoms with Gasteiger partial charge in [-0.25, -0.2) is 4.39 Å². The predicted octanol–water partition coefficient (Wildman–Crippen LogP) is 0.733. The Balaban J connectivity index is 2.73. The Labute approximate surface area is 105 Å². The summed E-state index contributed by atoms with van der Waals surface area (Å²) in [6.07, 6.45) is 0. The molecule has 0 fully saturated rings. The Morgan fingerprint density at radius 3 is 2.61 bits per heavy atom. The van der Waals surface area contributed by atoms with E-state index in [1.807, 2.05) is 0 Å². The van der Waals surface area contributed by atoms with E-state index in [0.29, 0.717) is 6.54 Å². The van der Waals surface area contributed by atoms with Crippen LogP contribution in [0.15, 0.2) is 18.2 Å². The molecule has 98 valence electrons. The van der Waals surface area contributed by atoms with Crippen LogP contribution < -0.4 is 16.0 Å². The SMILES string of the molecule is CCNC(=O)CNC(=O)c1cccc(F)c1NC. The lowest BCUT2D eigenvalue weighted by molar-refractivity contribution is -0.120. The molecule has 6 heteroatoms. The minimum absolute atomic E-state index is 0.117. The summed E-state index contributed by atoms with van der Waals surface area (Å²) in [5.41, 5.74) is 0.285. The van der Waals surface area contributed by atoms with Crippen molar-refractivity contribution >= 4 is 17.5 Å². The number of likely N-dealkylation sites (N-methyl/N-ethyl adjacent to an activating group) is 1. The van der Waals surface area contributed by atoms with E-state index >= 15 is 0 Å². The molecule has 0 bridgehead atoms. The quantitative estimate of drug-likeness (QED) is 0.724. The van der Waals surface area contributed by atoms with Crippen LogP contribution in [0.5, 0.6) is 0 Å². The summed E-state index contributed by atoms with van der Waals surface area (Å²) in [6.45, 7) is 2.15. The number of nitrogens with one attached hydrogen (secondary N) is 3. The van der Waals surface area contributed by atoms with Gasteiger partial charge in [0.05, 0.1) is 17.8 Å². The second-order valence-corrected chi connectivity index (χ2v) is 3.55. The number of para-hydroxylation sites is 1. The van der Waals surface area contributed by atoms with Gasteiger partial charge in [0.2, 0.25) is 5.91 Å². The molecule has 5 nitrogen and oxygen atoms in total. The van der Waals surface area contributed by atoms with Gasteiger partial charge in [0.15, 0.2) is 0 Å². The third kappa shape index (κ3) is 3.44. The maximum Gasteiger partial charge on any atom is 0.253 e. The molecular weight excluding hydrogens is 237 g/mol.